The fourth-order valence-corrected chi connectivity index (χ4v) is 4.53. The number of rotatable bonds is 8. The average Bonchev–Trinajstić information content (AvgIpc) is 3.61. The molecule has 1 amide bonds. The molecule has 1 saturated heterocycles. The second-order valence-corrected chi connectivity index (χ2v) is 10.2. The smallest absolute Gasteiger partial charge is 0.740 e. The number of Topliss-reactive ketones (excluding diaryl/α,β-unsaturated/α-hetero) is 1. The number of azide groups is 2. The normalized spacial score (nSPS) is 15.3. The molecule has 15 nitrogen and oxygen atoms in total. The molecular formula is C27H31N7Na2O8P2S2V. The molecule has 2 aromatic rings. The first-order valence-electron chi connectivity index (χ1n) is 13.4. The Morgan fingerprint density at radius 1 is 1.00 bits per heavy atom. The van der Waals surface area contributed by atoms with Crippen LogP contribution < -0.4 is 63.3 Å². The van der Waals surface area contributed by atoms with Gasteiger partial charge in [0.05, 0.1) is 0 Å². The van der Waals surface area contributed by atoms with Gasteiger partial charge in [-0.2, -0.15) is 5.56 Å². The number of benzene rings is 2. The van der Waals surface area contributed by atoms with Crippen LogP contribution in [0.1, 0.15) is 57.1 Å². The van der Waals surface area contributed by atoms with E-state index in [1.165, 1.54) is 24.3 Å². The summed E-state index contributed by atoms with van der Waals surface area (Å²) in [5.74, 6) is 0.123. The van der Waals surface area contributed by atoms with Gasteiger partial charge in [0.15, 0.2) is 5.78 Å². The Morgan fingerprint density at radius 2 is 1.55 bits per heavy atom. The van der Waals surface area contributed by atoms with Crippen molar-refractivity contribution in [2.45, 2.75) is 52.0 Å². The summed E-state index contributed by atoms with van der Waals surface area (Å²) in [5, 5.41) is 6.88. The predicted molar refractivity (Wildman–Crippen MR) is 179 cm³/mol. The number of nitrogens with zero attached hydrogens (tertiary/aromatic N) is 7. The molecule has 1 heterocycles. The molecule has 2 fully saturated rings. The molecule has 4 atom stereocenters. The minimum Gasteiger partial charge on any atom is -0.740 e. The van der Waals surface area contributed by atoms with Crippen molar-refractivity contribution in [1.82, 2.24) is 4.90 Å². The van der Waals surface area contributed by atoms with E-state index >= 15 is 0 Å². The van der Waals surface area contributed by atoms with Crippen molar-refractivity contribution >= 4 is 75.0 Å². The average molecular weight is 805 g/mol. The maximum Gasteiger partial charge on any atom is 1.00 e. The number of amides is 1. The SMILES string of the molecule is CCC(C)N1CCCC1=O.O=S(=O)=O.PP.[N-]=[N+]=Nc1c[c-]c(C=C2CCC(=Cc3ccc(N=[N+]=[N-])cc3OS(=O)[O-])C2=O)cc1.[Na+].[Na+].[V]. The molecule has 22 heteroatoms. The quantitative estimate of drug-likeness (QED) is 0.0529. The fourth-order valence-electron chi connectivity index (χ4n) is 4.24. The van der Waals surface area contributed by atoms with E-state index in [1.807, 2.05) is 4.90 Å². The number of ketones is 1. The summed E-state index contributed by atoms with van der Waals surface area (Å²) in [5.41, 5.74) is 19.7. The first kappa shape index (κ1) is 52.0. The van der Waals surface area contributed by atoms with E-state index in [-0.39, 0.29) is 94.9 Å². The standard InChI is InChI=1S/C19H13N6O4S.C8H15NO.2Na.O3S.H4P2.V/c20-24-22-16-6-1-12(2-7-16)9-14-3-4-15(19(14)26)10-13-5-8-17(23-25-21)11-18(13)29-30(27)28;1-3-7(2)9-6-4-5-8(9)10;;;1-4(2)3;1-2;/h1,5-11H,3-4H2,(H,27,28);7H,3-6H2,1-2H3;;;;1-2H2;/q-1;;2*+1;;;/p-1. The van der Waals surface area contributed by atoms with E-state index in [1.54, 1.807) is 24.3 Å². The Kier molecular flexibility index (Phi) is 31.1. The maximum absolute atomic E-state index is 12.7. The molecule has 2 aromatic carbocycles. The van der Waals surface area contributed by atoms with Crippen LogP contribution in [0.3, 0.4) is 0 Å². The first-order chi connectivity index (χ1) is 22.0. The molecule has 1 aliphatic carbocycles. The number of likely N-dealkylation sites (tertiary alicyclic amines) is 1. The molecule has 1 radical (unpaired) electrons. The third kappa shape index (κ3) is 19.7. The van der Waals surface area contributed by atoms with Crippen LogP contribution in [0.5, 0.6) is 5.75 Å². The van der Waals surface area contributed by atoms with Gasteiger partial charge >= 0.3 is 69.7 Å². The van der Waals surface area contributed by atoms with Crippen molar-refractivity contribution in [3.05, 3.63) is 85.6 Å². The van der Waals surface area contributed by atoms with Crippen molar-refractivity contribution in [3.63, 3.8) is 0 Å². The molecule has 0 bridgehead atoms. The van der Waals surface area contributed by atoms with Crippen LogP contribution in [0.15, 0.2) is 57.8 Å². The van der Waals surface area contributed by atoms with Crippen molar-refractivity contribution in [2.24, 2.45) is 10.2 Å². The predicted octanol–water partition coefficient (Wildman–Crippen LogP) is 0.433. The van der Waals surface area contributed by atoms with Gasteiger partial charge in [0, 0.05) is 53.7 Å². The largest absolute Gasteiger partial charge is 1.00 e. The Balaban J connectivity index is -0.000000933. The molecule has 1 saturated carbocycles. The molecule has 4 rings (SSSR count). The van der Waals surface area contributed by atoms with Crippen molar-refractivity contribution in [2.75, 3.05) is 6.54 Å². The third-order valence-corrected chi connectivity index (χ3v) is 6.75. The van der Waals surface area contributed by atoms with Crippen LogP contribution in [0.2, 0.25) is 0 Å². The molecule has 4 unspecified atom stereocenters. The zero-order valence-corrected chi connectivity index (χ0v) is 36.6. The van der Waals surface area contributed by atoms with Gasteiger partial charge in [0.2, 0.25) is 5.91 Å². The van der Waals surface area contributed by atoms with Crippen molar-refractivity contribution in [1.29, 1.82) is 0 Å². The molecule has 0 N–H and O–H groups in total. The van der Waals surface area contributed by atoms with Crippen LogP contribution in [-0.2, 0) is 50.1 Å². The number of carbonyl (C=O) groups excluding carboxylic acids is 2. The van der Waals surface area contributed by atoms with Gasteiger partial charge in [-0.25, -0.2) is 4.21 Å². The van der Waals surface area contributed by atoms with Crippen LogP contribution in [-0.4, -0.2) is 50.6 Å². The van der Waals surface area contributed by atoms with E-state index in [9.17, 15) is 18.4 Å². The Morgan fingerprint density at radius 3 is 2.02 bits per heavy atom. The zero-order valence-electron chi connectivity index (χ0n) is 27.3. The van der Waals surface area contributed by atoms with Gasteiger partial charge in [-0.15, -0.1) is 65.9 Å². The molecule has 0 spiro atoms. The third-order valence-electron chi connectivity index (χ3n) is 6.44. The molecule has 251 valence electrons. The Bertz CT molecular complexity index is 1690. The van der Waals surface area contributed by atoms with E-state index in [0.717, 1.165) is 25.8 Å². The zero-order chi connectivity index (χ0) is 34.6. The Hall–Kier alpha value is -1.35. The van der Waals surface area contributed by atoms with E-state index in [4.69, 9.17) is 27.9 Å². The number of carbonyl (C=O) groups is 2. The first-order valence-corrected chi connectivity index (χ1v) is 18.0. The maximum atomic E-state index is 12.7. The van der Waals surface area contributed by atoms with Crippen molar-refractivity contribution in [3.8, 4) is 5.75 Å². The summed E-state index contributed by atoms with van der Waals surface area (Å²) in [7, 11) is 1.56. The number of hydrogen-bond acceptors (Lipinski definition) is 10. The van der Waals surface area contributed by atoms with Crippen LogP contribution in [0.4, 0.5) is 11.4 Å². The topological polar surface area (TPSA) is 235 Å². The monoisotopic (exact) mass is 804 g/mol. The molecule has 49 heavy (non-hydrogen) atoms. The van der Waals surface area contributed by atoms with Crippen LogP contribution in [0, 0.1) is 6.07 Å². The van der Waals surface area contributed by atoms with E-state index in [0.29, 0.717) is 52.8 Å². The van der Waals surface area contributed by atoms with E-state index in [2.05, 4.69) is 57.8 Å². The molecular weight excluding hydrogens is 773 g/mol. The summed E-state index contributed by atoms with van der Waals surface area (Å²) >= 11 is -2.83. The number of allylic oxidation sites excluding steroid dienone is 2. The van der Waals surface area contributed by atoms with Gasteiger partial charge in [-0.1, -0.05) is 24.2 Å². The van der Waals surface area contributed by atoms with Crippen LogP contribution >= 0.6 is 17.9 Å². The summed E-state index contributed by atoms with van der Waals surface area (Å²) in [6, 6.07) is 12.5. The van der Waals surface area contributed by atoms with Gasteiger partial charge < -0.3 is 13.6 Å². The summed E-state index contributed by atoms with van der Waals surface area (Å²) in [6.07, 6.45) is 7.15. The minimum absolute atomic E-state index is 0. The summed E-state index contributed by atoms with van der Waals surface area (Å²) in [4.78, 5) is 31.2. The fraction of sp³-hybridized carbons (Fsp3) is 0.333. The van der Waals surface area contributed by atoms with Crippen molar-refractivity contribution < 1.29 is 113 Å². The minimum atomic E-state index is -3.11. The van der Waals surface area contributed by atoms with Gasteiger partial charge in [0.25, 0.3) is 0 Å². The van der Waals surface area contributed by atoms with Crippen LogP contribution in [0.25, 0.3) is 33.0 Å². The summed E-state index contributed by atoms with van der Waals surface area (Å²) in [6.45, 7) is 5.22. The van der Waals surface area contributed by atoms with Gasteiger partial charge in [-0.05, 0) is 77.6 Å². The van der Waals surface area contributed by atoms with E-state index < -0.39 is 22.0 Å². The molecule has 0 aromatic heterocycles. The number of hydrogen-bond donors (Lipinski definition) is 0. The van der Waals surface area contributed by atoms with Gasteiger partial charge in [0.1, 0.15) is 17.1 Å². The van der Waals surface area contributed by atoms with Gasteiger partial charge in [-0.3, -0.25) is 9.59 Å². The molecule has 2 aliphatic rings. The second kappa shape index (κ2) is 29.3. The molecule has 1 aliphatic heterocycles. The summed E-state index contributed by atoms with van der Waals surface area (Å²) < 4.78 is 52.0. The second-order valence-electron chi connectivity index (χ2n) is 9.21. The Labute approximate surface area is 349 Å².